The van der Waals surface area contributed by atoms with E-state index >= 15 is 0 Å². The van der Waals surface area contributed by atoms with Gasteiger partial charge in [0.05, 0.1) is 35.5 Å². The molecule has 1 aliphatic heterocycles. The van der Waals surface area contributed by atoms with Gasteiger partial charge >= 0.3 is 12.0 Å². The predicted molar refractivity (Wildman–Crippen MR) is 110 cm³/mol. The fourth-order valence-electron chi connectivity index (χ4n) is 3.00. The molecule has 6 nitrogen and oxygen atoms in total. The Morgan fingerprint density at radius 1 is 1.18 bits per heavy atom. The number of ether oxygens (including phenoxy) is 2. The molecule has 0 bridgehead atoms. The van der Waals surface area contributed by atoms with E-state index in [2.05, 4.69) is 26.6 Å². The third-order valence-corrected chi connectivity index (χ3v) is 4.91. The monoisotopic (exact) mass is 444 g/mol. The fourth-order valence-corrected chi connectivity index (χ4v) is 3.51. The van der Waals surface area contributed by atoms with Gasteiger partial charge in [0.1, 0.15) is 5.75 Å². The Labute approximate surface area is 172 Å². The smallest absolute Gasteiger partial charge is 0.338 e. The van der Waals surface area contributed by atoms with Crippen LogP contribution in [0.3, 0.4) is 0 Å². The van der Waals surface area contributed by atoms with Crippen LogP contribution in [0.25, 0.3) is 5.70 Å². The summed E-state index contributed by atoms with van der Waals surface area (Å²) in [4.78, 5) is 25.0. The van der Waals surface area contributed by atoms with Crippen molar-refractivity contribution in [2.45, 2.75) is 19.4 Å². The van der Waals surface area contributed by atoms with Gasteiger partial charge in [-0.1, -0.05) is 43.3 Å². The number of hydrogen-bond acceptors (Lipinski definition) is 4. The van der Waals surface area contributed by atoms with E-state index in [1.165, 1.54) is 7.11 Å². The molecule has 0 radical (unpaired) electrons. The van der Waals surface area contributed by atoms with Crippen molar-refractivity contribution in [3.05, 3.63) is 69.7 Å². The molecule has 1 heterocycles. The maximum absolute atomic E-state index is 12.6. The second-order valence-electron chi connectivity index (χ2n) is 6.22. The second-order valence-corrected chi connectivity index (χ2v) is 7.07. The van der Waals surface area contributed by atoms with E-state index in [-0.39, 0.29) is 6.03 Å². The van der Waals surface area contributed by atoms with Crippen molar-refractivity contribution in [3.8, 4) is 5.75 Å². The molecule has 1 atom stereocenters. The van der Waals surface area contributed by atoms with E-state index in [4.69, 9.17) is 9.47 Å². The number of carbonyl (C=O) groups excluding carboxylic acids is 2. The Morgan fingerprint density at radius 2 is 1.93 bits per heavy atom. The molecule has 1 unspecified atom stereocenters. The molecule has 7 heteroatoms. The molecule has 3 rings (SSSR count). The largest absolute Gasteiger partial charge is 0.492 e. The first kappa shape index (κ1) is 19.9. The topological polar surface area (TPSA) is 76.7 Å². The highest BCUT2D eigenvalue weighted by molar-refractivity contribution is 9.10. The zero-order valence-electron chi connectivity index (χ0n) is 15.6. The van der Waals surface area contributed by atoms with E-state index in [1.54, 1.807) is 0 Å². The lowest BCUT2D eigenvalue weighted by molar-refractivity contribution is -0.136. The number of benzene rings is 2. The number of urea groups is 1. The molecule has 0 saturated carbocycles. The molecular formula is C21H21BrN2O4. The molecule has 0 spiro atoms. The highest BCUT2D eigenvalue weighted by Gasteiger charge is 2.34. The summed E-state index contributed by atoms with van der Waals surface area (Å²) in [6, 6.07) is 13.7. The Bertz CT molecular complexity index is 912. The van der Waals surface area contributed by atoms with Gasteiger partial charge < -0.3 is 20.1 Å². The molecule has 1 aliphatic rings. The predicted octanol–water partition coefficient (Wildman–Crippen LogP) is 4.18. The summed E-state index contributed by atoms with van der Waals surface area (Å²) in [6.45, 7) is 2.64. The van der Waals surface area contributed by atoms with Gasteiger partial charge in [-0.15, -0.1) is 0 Å². The van der Waals surface area contributed by atoms with Crippen LogP contribution in [0, 0.1) is 0 Å². The standard InChI is InChI=1S/C21H21BrN2O4/c1-3-11-28-16-10-9-14(12-15(16)22)19-17(20(25)27-2)18(23-21(26)24-19)13-7-5-4-6-8-13/h4-10,12,19H,3,11H2,1-2H3,(H2,23,24,26). The van der Waals surface area contributed by atoms with E-state index < -0.39 is 12.0 Å². The number of hydrogen-bond donors (Lipinski definition) is 2. The van der Waals surface area contributed by atoms with Gasteiger partial charge in [-0.2, -0.15) is 0 Å². The number of amides is 2. The van der Waals surface area contributed by atoms with E-state index in [0.717, 1.165) is 22.0 Å². The fraction of sp³-hybridized carbons (Fsp3) is 0.238. The lowest BCUT2D eigenvalue weighted by atomic mass is 9.92. The highest BCUT2D eigenvalue weighted by Crippen LogP contribution is 2.35. The molecule has 2 aromatic rings. The Morgan fingerprint density at radius 3 is 2.57 bits per heavy atom. The van der Waals surface area contributed by atoms with Crippen molar-refractivity contribution >= 4 is 33.6 Å². The number of methoxy groups -OCH3 is 1. The van der Waals surface area contributed by atoms with Crippen LogP contribution in [0.2, 0.25) is 0 Å². The lowest BCUT2D eigenvalue weighted by Crippen LogP contribution is -2.45. The van der Waals surface area contributed by atoms with Crippen LogP contribution in [-0.2, 0) is 9.53 Å². The first-order valence-corrected chi connectivity index (χ1v) is 9.72. The van der Waals surface area contributed by atoms with Gasteiger partial charge in [-0.3, -0.25) is 0 Å². The van der Waals surface area contributed by atoms with Crippen LogP contribution in [0.1, 0.15) is 30.5 Å². The van der Waals surface area contributed by atoms with Gasteiger partial charge in [-0.25, -0.2) is 9.59 Å². The first-order chi connectivity index (χ1) is 13.5. The molecule has 28 heavy (non-hydrogen) atoms. The van der Waals surface area contributed by atoms with Gasteiger partial charge in [0.2, 0.25) is 0 Å². The van der Waals surface area contributed by atoms with Crippen molar-refractivity contribution in [2.24, 2.45) is 0 Å². The Hall–Kier alpha value is -2.80. The normalized spacial score (nSPS) is 16.2. The summed E-state index contributed by atoms with van der Waals surface area (Å²) >= 11 is 3.51. The molecule has 2 N–H and O–H groups in total. The molecule has 146 valence electrons. The summed E-state index contributed by atoms with van der Waals surface area (Å²) in [7, 11) is 1.32. The lowest BCUT2D eigenvalue weighted by Gasteiger charge is -2.29. The number of carbonyl (C=O) groups is 2. The van der Waals surface area contributed by atoms with Crippen LogP contribution in [0.4, 0.5) is 4.79 Å². The van der Waals surface area contributed by atoms with Crippen LogP contribution in [-0.4, -0.2) is 25.7 Å². The van der Waals surface area contributed by atoms with Crippen molar-refractivity contribution in [3.63, 3.8) is 0 Å². The van der Waals surface area contributed by atoms with Crippen molar-refractivity contribution in [1.29, 1.82) is 0 Å². The quantitative estimate of drug-likeness (QED) is 0.655. The van der Waals surface area contributed by atoms with Crippen LogP contribution < -0.4 is 15.4 Å². The molecule has 0 saturated heterocycles. The summed E-state index contributed by atoms with van der Waals surface area (Å²) in [5.74, 6) is 0.191. The highest BCUT2D eigenvalue weighted by atomic mass is 79.9. The van der Waals surface area contributed by atoms with E-state index in [1.807, 2.05) is 55.5 Å². The number of esters is 1. The summed E-state index contributed by atoms with van der Waals surface area (Å²) in [6.07, 6.45) is 0.897. The summed E-state index contributed by atoms with van der Waals surface area (Å²) < 4.78 is 11.4. The zero-order valence-corrected chi connectivity index (χ0v) is 17.2. The molecule has 2 amide bonds. The van der Waals surface area contributed by atoms with Crippen molar-refractivity contribution < 1.29 is 19.1 Å². The number of halogens is 1. The summed E-state index contributed by atoms with van der Waals surface area (Å²) in [5, 5.41) is 5.56. The van der Waals surface area contributed by atoms with Gasteiger partial charge in [0.25, 0.3) is 0 Å². The average Bonchev–Trinajstić information content (AvgIpc) is 2.72. The van der Waals surface area contributed by atoms with Crippen LogP contribution in [0.15, 0.2) is 58.6 Å². The Kier molecular flexibility index (Phi) is 6.36. The van der Waals surface area contributed by atoms with E-state index in [0.29, 0.717) is 23.6 Å². The van der Waals surface area contributed by atoms with Gasteiger partial charge in [-0.05, 0) is 45.6 Å². The van der Waals surface area contributed by atoms with E-state index in [9.17, 15) is 9.59 Å². The Balaban J connectivity index is 2.09. The number of nitrogens with one attached hydrogen (secondary N) is 2. The van der Waals surface area contributed by atoms with Gasteiger partial charge in [0.15, 0.2) is 0 Å². The summed E-state index contributed by atoms with van der Waals surface area (Å²) in [5.41, 5.74) is 2.23. The van der Waals surface area contributed by atoms with Crippen LogP contribution in [0.5, 0.6) is 5.75 Å². The van der Waals surface area contributed by atoms with Crippen molar-refractivity contribution in [2.75, 3.05) is 13.7 Å². The van der Waals surface area contributed by atoms with Gasteiger partial charge in [0, 0.05) is 0 Å². The average molecular weight is 445 g/mol. The molecule has 2 aromatic carbocycles. The molecule has 0 aromatic heterocycles. The molecule has 0 fully saturated rings. The minimum absolute atomic E-state index is 0.336. The minimum atomic E-state index is -0.659. The SMILES string of the molecule is CCCOc1ccc(C2NC(=O)NC(c3ccccc3)=C2C(=O)OC)cc1Br. The molecular weight excluding hydrogens is 424 g/mol. The number of rotatable bonds is 6. The van der Waals surface area contributed by atoms with Crippen LogP contribution >= 0.6 is 15.9 Å². The minimum Gasteiger partial charge on any atom is -0.492 e. The third-order valence-electron chi connectivity index (χ3n) is 4.29. The zero-order chi connectivity index (χ0) is 20.1. The second kappa shape index (κ2) is 8.93. The van der Waals surface area contributed by atoms with Crippen molar-refractivity contribution in [1.82, 2.24) is 10.6 Å². The molecule has 0 aliphatic carbocycles. The third kappa shape index (κ3) is 4.20. The maximum Gasteiger partial charge on any atom is 0.338 e. The maximum atomic E-state index is 12.6. The first-order valence-electron chi connectivity index (χ1n) is 8.92.